The molecular weight excluding hydrogens is 529 g/mol. The van der Waals surface area contributed by atoms with Crippen LogP contribution >= 0.6 is 0 Å². The number of methoxy groups -OCH3 is 5. The maximum atomic E-state index is 11.6. The van der Waals surface area contributed by atoms with Gasteiger partial charge in [0.1, 0.15) is 23.0 Å². The van der Waals surface area contributed by atoms with Crippen LogP contribution < -0.4 is 48.5 Å². The normalized spacial score (nSPS) is 9.72. The first-order valence-corrected chi connectivity index (χ1v) is 11.5. The molecule has 0 saturated heterocycles. The van der Waals surface area contributed by atoms with Gasteiger partial charge in [-0.1, -0.05) is 0 Å². The third-order valence-electron chi connectivity index (χ3n) is 5.99. The maximum absolute atomic E-state index is 11.6. The number of carbonyl (C=O) groups is 2. The minimum Gasteiger partial charge on any atom is -0.553 e. The number of fused-ring (bicyclic) bond motifs is 2. The Morgan fingerprint density at radius 1 is 0.625 bits per heavy atom. The first-order chi connectivity index (χ1) is 18.7. The monoisotopic (exact) mass is 561 g/mol. The van der Waals surface area contributed by atoms with Crippen molar-refractivity contribution in [3.8, 4) is 23.0 Å². The fourth-order valence-electron chi connectivity index (χ4n) is 4.26. The Bertz CT molecular complexity index is 1490. The van der Waals surface area contributed by atoms with Crippen LogP contribution in [0.25, 0.3) is 27.4 Å². The van der Waals surface area contributed by atoms with Gasteiger partial charge in [0.2, 0.25) is 0 Å². The number of ether oxygens (including phenoxy) is 5. The SMILES string of the molecule is COC(=O)c1ccc2c(OC)cc(C)c(OC)c2c1.COc1cc(C)c(OC)c2cc(C(=O)O)ccc12.[NH-]O.[Na+]. The minimum absolute atomic E-state index is 0. The summed E-state index contributed by atoms with van der Waals surface area (Å²) in [5, 5.41) is 18.6. The van der Waals surface area contributed by atoms with Crippen molar-refractivity contribution in [2.45, 2.75) is 13.8 Å². The molecular formula is C29H32NNaO9. The first kappa shape index (κ1) is 34.5. The van der Waals surface area contributed by atoms with Crippen molar-refractivity contribution in [2.75, 3.05) is 35.5 Å². The van der Waals surface area contributed by atoms with Crippen LogP contribution in [0.3, 0.4) is 0 Å². The fourth-order valence-corrected chi connectivity index (χ4v) is 4.26. The van der Waals surface area contributed by atoms with E-state index < -0.39 is 5.97 Å². The van der Waals surface area contributed by atoms with Gasteiger partial charge >= 0.3 is 41.5 Å². The molecule has 0 bridgehead atoms. The summed E-state index contributed by atoms with van der Waals surface area (Å²) in [6, 6.07) is 14.0. The molecule has 0 atom stereocenters. The summed E-state index contributed by atoms with van der Waals surface area (Å²) in [7, 11) is 7.75. The van der Waals surface area contributed by atoms with E-state index in [9.17, 15) is 9.59 Å². The number of esters is 1. The van der Waals surface area contributed by atoms with Crippen LogP contribution in [-0.2, 0) is 4.74 Å². The van der Waals surface area contributed by atoms with Crippen molar-refractivity contribution in [1.82, 2.24) is 0 Å². The van der Waals surface area contributed by atoms with Crippen molar-refractivity contribution in [3.05, 3.63) is 76.7 Å². The predicted octanol–water partition coefficient (Wildman–Crippen LogP) is 3.25. The van der Waals surface area contributed by atoms with Crippen molar-refractivity contribution < 1.29 is 73.1 Å². The van der Waals surface area contributed by atoms with E-state index in [0.717, 1.165) is 44.2 Å². The smallest absolute Gasteiger partial charge is 0.553 e. The molecule has 0 aliphatic rings. The molecule has 4 aromatic rings. The standard InChI is InChI=1S/C15H16O4.C14H14O4.H2NO.Na/c1-9-7-13(17-2)11-6-5-10(15(16)19-4)8-12(11)14(9)18-3;1-8-6-12(17-2)10-5-4-9(14(15)16)7-11(10)13(8)18-3;1-2;/h5-8H,1-4H3;4-7H,1-3H3,(H,15,16);1-2H;/q;;-1;+1. The fraction of sp³-hybridized carbons (Fsp3) is 0.241. The van der Waals surface area contributed by atoms with E-state index in [2.05, 4.69) is 0 Å². The molecule has 11 heteroatoms. The number of hydrogen-bond acceptors (Lipinski definition) is 8. The molecule has 0 saturated carbocycles. The van der Waals surface area contributed by atoms with Gasteiger partial charge in [0.15, 0.2) is 0 Å². The minimum atomic E-state index is -0.959. The molecule has 0 spiro atoms. The van der Waals surface area contributed by atoms with E-state index in [1.165, 1.54) is 7.11 Å². The summed E-state index contributed by atoms with van der Waals surface area (Å²) in [6.07, 6.45) is 0. The summed E-state index contributed by atoms with van der Waals surface area (Å²) in [6.45, 7) is 3.83. The third-order valence-corrected chi connectivity index (χ3v) is 5.99. The Kier molecular flexibility index (Phi) is 13.7. The average molecular weight is 562 g/mol. The molecule has 10 nitrogen and oxygen atoms in total. The van der Waals surface area contributed by atoms with Gasteiger partial charge in [0, 0.05) is 21.5 Å². The molecule has 4 rings (SSSR count). The van der Waals surface area contributed by atoms with E-state index in [4.69, 9.17) is 39.9 Å². The van der Waals surface area contributed by atoms with Crippen molar-refractivity contribution in [1.29, 1.82) is 0 Å². The first-order valence-electron chi connectivity index (χ1n) is 11.5. The summed E-state index contributed by atoms with van der Waals surface area (Å²) < 4.78 is 26.2. The zero-order chi connectivity index (χ0) is 29.3. The molecule has 40 heavy (non-hydrogen) atoms. The number of carbonyl (C=O) groups excluding carboxylic acids is 1. The van der Waals surface area contributed by atoms with Crippen molar-refractivity contribution in [2.24, 2.45) is 0 Å². The van der Waals surface area contributed by atoms with Crippen molar-refractivity contribution >= 4 is 33.5 Å². The Labute approximate surface area is 254 Å². The maximum Gasteiger partial charge on any atom is 1.00 e. The van der Waals surface area contributed by atoms with Crippen LogP contribution in [-0.4, -0.2) is 57.8 Å². The number of nitrogens with one attached hydrogen (secondary N) is 1. The number of aryl methyl sites for hydroxylation is 2. The molecule has 0 unspecified atom stereocenters. The third kappa shape index (κ3) is 7.35. The van der Waals surface area contributed by atoms with E-state index in [1.807, 2.05) is 32.0 Å². The van der Waals surface area contributed by atoms with E-state index in [0.29, 0.717) is 17.1 Å². The zero-order valence-electron chi connectivity index (χ0n) is 23.9. The molecule has 208 valence electrons. The second-order valence-corrected chi connectivity index (χ2v) is 8.18. The Morgan fingerprint density at radius 3 is 1.38 bits per heavy atom. The zero-order valence-corrected chi connectivity index (χ0v) is 25.9. The second kappa shape index (κ2) is 15.9. The number of rotatable bonds is 6. The molecule has 0 fully saturated rings. The van der Waals surface area contributed by atoms with Gasteiger partial charge < -0.3 is 39.9 Å². The number of aromatic carboxylic acids is 1. The number of benzene rings is 4. The van der Waals surface area contributed by atoms with Crippen LogP contribution in [0.15, 0.2) is 48.5 Å². The van der Waals surface area contributed by atoms with Crippen LogP contribution in [0.2, 0.25) is 0 Å². The number of hydrogen-bond donors (Lipinski definition) is 2. The summed E-state index contributed by atoms with van der Waals surface area (Å²) in [5.41, 5.74) is 2.58. The largest absolute Gasteiger partial charge is 1.00 e. The van der Waals surface area contributed by atoms with Crippen molar-refractivity contribution in [3.63, 3.8) is 0 Å². The topological polar surface area (TPSA) is 145 Å². The van der Waals surface area contributed by atoms with E-state index in [-0.39, 0.29) is 41.1 Å². The van der Waals surface area contributed by atoms with Gasteiger partial charge in [-0.15, -0.1) is 0 Å². The van der Waals surface area contributed by atoms with Crippen LogP contribution in [0, 0.1) is 13.8 Å². The molecule has 0 heterocycles. The van der Waals surface area contributed by atoms with Gasteiger partial charge in [-0.25, -0.2) is 9.59 Å². The van der Waals surface area contributed by atoms with Crippen LogP contribution in [0.4, 0.5) is 0 Å². The molecule has 0 radical (unpaired) electrons. The number of carboxylic acids is 1. The van der Waals surface area contributed by atoms with E-state index >= 15 is 0 Å². The summed E-state index contributed by atoms with van der Waals surface area (Å²) >= 11 is 0. The Morgan fingerprint density at radius 2 is 1.02 bits per heavy atom. The van der Waals surface area contributed by atoms with Crippen LogP contribution in [0.1, 0.15) is 31.8 Å². The molecule has 0 amide bonds. The molecule has 0 aromatic heterocycles. The Balaban J connectivity index is 0.000000368. The molecule has 0 aliphatic heterocycles. The predicted molar refractivity (Wildman–Crippen MR) is 148 cm³/mol. The number of carboxylic acid groups (broad SMARTS) is 1. The second-order valence-electron chi connectivity index (χ2n) is 8.18. The molecule has 3 N–H and O–H groups in total. The average Bonchev–Trinajstić information content (AvgIpc) is 2.96. The van der Waals surface area contributed by atoms with Gasteiger partial charge in [0.25, 0.3) is 0 Å². The van der Waals surface area contributed by atoms with Gasteiger partial charge in [-0.2, -0.15) is 0 Å². The van der Waals surface area contributed by atoms with E-state index in [1.54, 1.807) is 58.8 Å². The van der Waals surface area contributed by atoms with Gasteiger partial charge in [-0.05, 0) is 73.5 Å². The quantitative estimate of drug-likeness (QED) is 0.206. The summed E-state index contributed by atoms with van der Waals surface area (Å²) in [4.78, 5) is 22.6. The molecule has 4 aromatic carbocycles. The van der Waals surface area contributed by atoms with Gasteiger partial charge in [0.05, 0.1) is 46.7 Å². The Hall–Kier alpha value is -3.54. The van der Waals surface area contributed by atoms with Gasteiger partial charge in [-0.3, -0.25) is 0 Å². The molecule has 0 aliphatic carbocycles. The van der Waals surface area contributed by atoms with Crippen LogP contribution in [0.5, 0.6) is 23.0 Å². The summed E-state index contributed by atoms with van der Waals surface area (Å²) in [5.74, 6) is 6.30.